The topological polar surface area (TPSA) is 38.3 Å². The molecule has 0 radical (unpaired) electrons. The second-order valence-electron chi connectivity index (χ2n) is 5.65. The van der Waals surface area contributed by atoms with Crippen molar-refractivity contribution in [3.63, 3.8) is 0 Å². The Kier molecular flexibility index (Phi) is 5.45. The molecular formula is C17H25NO2. The largest absolute Gasteiger partial charge is 0.483 e. The lowest BCUT2D eigenvalue weighted by Gasteiger charge is -2.19. The fourth-order valence-electron chi connectivity index (χ4n) is 2.85. The van der Waals surface area contributed by atoms with Crippen LogP contribution in [0.1, 0.15) is 50.7 Å². The fraction of sp³-hybridized carbons (Fsp3) is 0.588. The predicted molar refractivity (Wildman–Crippen MR) is 81.1 cm³/mol. The summed E-state index contributed by atoms with van der Waals surface area (Å²) in [4.78, 5) is 11.8. The van der Waals surface area contributed by atoms with Crippen molar-refractivity contribution in [2.75, 3.05) is 6.61 Å². The lowest BCUT2D eigenvalue weighted by Crippen LogP contribution is -2.36. The Labute approximate surface area is 121 Å². The number of ether oxygens (including phenoxy) is 1. The first-order chi connectivity index (χ1) is 9.70. The second kappa shape index (κ2) is 7.32. The quantitative estimate of drug-likeness (QED) is 0.865. The molecule has 1 aliphatic rings. The van der Waals surface area contributed by atoms with Crippen molar-refractivity contribution in [1.82, 2.24) is 5.32 Å². The highest BCUT2D eigenvalue weighted by Crippen LogP contribution is 2.29. The van der Waals surface area contributed by atoms with Crippen LogP contribution in [0.15, 0.2) is 18.2 Å². The molecule has 3 heteroatoms. The van der Waals surface area contributed by atoms with Crippen LogP contribution in [0.3, 0.4) is 0 Å². The highest BCUT2D eigenvalue weighted by atomic mass is 16.5. The van der Waals surface area contributed by atoms with Crippen molar-refractivity contribution in [1.29, 1.82) is 0 Å². The number of fused-ring (bicyclic) bond motifs is 1. The van der Waals surface area contributed by atoms with E-state index in [2.05, 4.69) is 18.3 Å². The molecule has 3 nitrogen and oxygen atoms in total. The maximum absolute atomic E-state index is 11.8. The summed E-state index contributed by atoms with van der Waals surface area (Å²) in [6.07, 6.45) is 6.76. The monoisotopic (exact) mass is 275 g/mol. The minimum atomic E-state index is -0.0284. The standard InChI is InChI=1S/C17H25NO2/c1-3-7-13(2)18-17(19)12-20-16-11-6-9-14-8-4-5-10-15(14)16/h6,9,11,13H,3-5,7-8,10,12H2,1-2H3,(H,18,19). The van der Waals surface area contributed by atoms with Gasteiger partial charge in [-0.3, -0.25) is 4.79 Å². The van der Waals surface area contributed by atoms with E-state index in [1.165, 1.54) is 24.0 Å². The van der Waals surface area contributed by atoms with Crippen LogP contribution in [0.5, 0.6) is 5.75 Å². The fourth-order valence-corrected chi connectivity index (χ4v) is 2.85. The van der Waals surface area contributed by atoms with Crippen LogP contribution in [0.25, 0.3) is 0 Å². The van der Waals surface area contributed by atoms with Gasteiger partial charge in [-0.1, -0.05) is 25.5 Å². The number of hydrogen-bond acceptors (Lipinski definition) is 2. The summed E-state index contributed by atoms with van der Waals surface area (Å²) < 4.78 is 5.73. The van der Waals surface area contributed by atoms with E-state index in [1.807, 2.05) is 19.1 Å². The van der Waals surface area contributed by atoms with Crippen molar-refractivity contribution in [2.24, 2.45) is 0 Å². The lowest BCUT2D eigenvalue weighted by atomic mass is 9.91. The van der Waals surface area contributed by atoms with Gasteiger partial charge in [0, 0.05) is 6.04 Å². The van der Waals surface area contributed by atoms with Gasteiger partial charge in [0.05, 0.1) is 0 Å². The Morgan fingerprint density at radius 3 is 2.95 bits per heavy atom. The zero-order chi connectivity index (χ0) is 14.4. The molecule has 1 aliphatic carbocycles. The molecule has 1 aromatic carbocycles. The Balaban J connectivity index is 1.89. The van der Waals surface area contributed by atoms with Gasteiger partial charge < -0.3 is 10.1 Å². The molecule has 20 heavy (non-hydrogen) atoms. The van der Waals surface area contributed by atoms with E-state index in [0.29, 0.717) is 0 Å². The average Bonchev–Trinajstić information content (AvgIpc) is 2.45. The summed E-state index contributed by atoms with van der Waals surface area (Å²) in [5.41, 5.74) is 2.68. The van der Waals surface area contributed by atoms with E-state index in [4.69, 9.17) is 4.74 Å². The first-order valence-corrected chi connectivity index (χ1v) is 7.73. The van der Waals surface area contributed by atoms with E-state index in [-0.39, 0.29) is 18.6 Å². The number of rotatable bonds is 6. The lowest BCUT2D eigenvalue weighted by molar-refractivity contribution is -0.123. The highest BCUT2D eigenvalue weighted by molar-refractivity contribution is 5.77. The predicted octanol–water partition coefficient (Wildman–Crippen LogP) is 3.25. The van der Waals surface area contributed by atoms with Crippen molar-refractivity contribution in [3.05, 3.63) is 29.3 Å². The number of carbonyl (C=O) groups is 1. The minimum Gasteiger partial charge on any atom is -0.483 e. The zero-order valence-corrected chi connectivity index (χ0v) is 12.6. The Morgan fingerprint density at radius 1 is 1.35 bits per heavy atom. The highest BCUT2D eigenvalue weighted by Gasteiger charge is 2.15. The molecule has 0 fully saturated rings. The van der Waals surface area contributed by atoms with Gasteiger partial charge in [0.2, 0.25) is 0 Å². The Morgan fingerprint density at radius 2 is 2.15 bits per heavy atom. The van der Waals surface area contributed by atoms with Crippen LogP contribution in [0.4, 0.5) is 0 Å². The summed E-state index contributed by atoms with van der Waals surface area (Å²) in [6, 6.07) is 6.40. The molecule has 0 saturated carbocycles. The number of benzene rings is 1. The number of carbonyl (C=O) groups excluding carboxylic acids is 1. The molecule has 2 rings (SSSR count). The molecule has 1 amide bonds. The Bertz CT molecular complexity index is 456. The van der Waals surface area contributed by atoms with Gasteiger partial charge in [-0.25, -0.2) is 0 Å². The van der Waals surface area contributed by atoms with E-state index in [9.17, 15) is 4.79 Å². The molecule has 0 aromatic heterocycles. The third-order valence-corrected chi connectivity index (χ3v) is 3.84. The van der Waals surface area contributed by atoms with Crippen molar-refractivity contribution in [2.45, 2.75) is 58.4 Å². The number of nitrogens with one attached hydrogen (secondary N) is 1. The van der Waals surface area contributed by atoms with Crippen LogP contribution in [0, 0.1) is 0 Å². The van der Waals surface area contributed by atoms with Crippen molar-refractivity contribution < 1.29 is 9.53 Å². The van der Waals surface area contributed by atoms with Crippen LogP contribution >= 0.6 is 0 Å². The first kappa shape index (κ1) is 14.9. The first-order valence-electron chi connectivity index (χ1n) is 7.73. The summed E-state index contributed by atoms with van der Waals surface area (Å²) in [6.45, 7) is 4.27. The third-order valence-electron chi connectivity index (χ3n) is 3.84. The van der Waals surface area contributed by atoms with E-state index < -0.39 is 0 Å². The van der Waals surface area contributed by atoms with Crippen LogP contribution in [-0.2, 0) is 17.6 Å². The van der Waals surface area contributed by atoms with E-state index >= 15 is 0 Å². The summed E-state index contributed by atoms with van der Waals surface area (Å²) in [5.74, 6) is 0.861. The zero-order valence-electron chi connectivity index (χ0n) is 12.6. The number of amides is 1. The van der Waals surface area contributed by atoms with Gasteiger partial charge in [-0.05, 0) is 56.2 Å². The number of aryl methyl sites for hydroxylation is 1. The third kappa shape index (κ3) is 3.99. The molecule has 0 bridgehead atoms. The smallest absolute Gasteiger partial charge is 0.258 e. The van der Waals surface area contributed by atoms with Crippen molar-refractivity contribution >= 4 is 5.91 Å². The molecule has 1 atom stereocenters. The van der Waals surface area contributed by atoms with Gasteiger partial charge in [-0.15, -0.1) is 0 Å². The summed E-state index contributed by atoms with van der Waals surface area (Å²) in [5, 5.41) is 2.97. The molecular weight excluding hydrogens is 250 g/mol. The van der Waals surface area contributed by atoms with Gasteiger partial charge in [0.25, 0.3) is 5.91 Å². The van der Waals surface area contributed by atoms with Crippen molar-refractivity contribution in [3.8, 4) is 5.75 Å². The van der Waals surface area contributed by atoms with Gasteiger partial charge >= 0.3 is 0 Å². The molecule has 0 aliphatic heterocycles. The minimum absolute atomic E-state index is 0.0284. The maximum Gasteiger partial charge on any atom is 0.258 e. The summed E-state index contributed by atoms with van der Waals surface area (Å²) >= 11 is 0. The second-order valence-corrected chi connectivity index (χ2v) is 5.65. The molecule has 1 aromatic rings. The van der Waals surface area contributed by atoms with Gasteiger partial charge in [0.1, 0.15) is 5.75 Å². The van der Waals surface area contributed by atoms with E-state index in [0.717, 1.165) is 31.4 Å². The van der Waals surface area contributed by atoms with Crippen LogP contribution in [0.2, 0.25) is 0 Å². The maximum atomic E-state index is 11.8. The molecule has 1 N–H and O–H groups in total. The number of hydrogen-bond donors (Lipinski definition) is 1. The summed E-state index contributed by atoms with van der Waals surface area (Å²) in [7, 11) is 0. The Hall–Kier alpha value is -1.51. The van der Waals surface area contributed by atoms with Gasteiger partial charge in [-0.2, -0.15) is 0 Å². The van der Waals surface area contributed by atoms with Gasteiger partial charge in [0.15, 0.2) is 6.61 Å². The molecule has 0 saturated heterocycles. The molecule has 110 valence electrons. The average molecular weight is 275 g/mol. The van der Waals surface area contributed by atoms with E-state index in [1.54, 1.807) is 0 Å². The molecule has 0 heterocycles. The van der Waals surface area contributed by atoms with Crippen LogP contribution < -0.4 is 10.1 Å². The molecule has 0 spiro atoms. The molecule has 1 unspecified atom stereocenters. The normalized spacial score (nSPS) is 15.3. The van der Waals surface area contributed by atoms with Crippen LogP contribution in [-0.4, -0.2) is 18.6 Å². The SMILES string of the molecule is CCCC(C)NC(=O)COc1cccc2c1CCCC2.